The van der Waals surface area contributed by atoms with Crippen molar-refractivity contribution < 1.29 is 19.8 Å². The van der Waals surface area contributed by atoms with Gasteiger partial charge < -0.3 is 10.2 Å². The van der Waals surface area contributed by atoms with Crippen LogP contribution in [0.15, 0.2) is 0 Å². The van der Waals surface area contributed by atoms with Gasteiger partial charge in [0.25, 0.3) is 0 Å². The Kier molecular flexibility index (Phi) is 57.9. The smallest absolute Gasteiger partial charge is 0.303 e. The van der Waals surface area contributed by atoms with Crippen molar-refractivity contribution in [1.82, 2.24) is 0 Å². The van der Waals surface area contributed by atoms with E-state index in [9.17, 15) is 9.59 Å². The zero-order valence-electron chi connectivity index (χ0n) is 40.8. The maximum absolute atomic E-state index is 10.4. The average Bonchev–Trinajstić information content (AvgIpc) is 3.22. The molecule has 0 amide bonds. The van der Waals surface area contributed by atoms with Crippen LogP contribution in [0.2, 0.25) is 0 Å². The molecule has 0 unspecified atom stereocenters. The van der Waals surface area contributed by atoms with Gasteiger partial charge in [0.1, 0.15) is 0 Å². The fourth-order valence-corrected chi connectivity index (χ4v) is 8.65. The summed E-state index contributed by atoms with van der Waals surface area (Å²) in [6.07, 6.45) is 68.5. The third kappa shape index (κ3) is 63.7. The summed E-state index contributed by atoms with van der Waals surface area (Å²) in [6, 6.07) is 0. The van der Waals surface area contributed by atoms with Crippen LogP contribution in [0.4, 0.5) is 0 Å². The first-order valence-corrected chi connectivity index (χ1v) is 27.5. The molecule has 59 heavy (non-hydrogen) atoms. The number of aliphatic carboxylic acids is 2. The second kappa shape index (κ2) is 56.9. The Morgan fingerprint density at radius 2 is 0.305 bits per heavy atom. The van der Waals surface area contributed by atoms with E-state index in [0.29, 0.717) is 12.8 Å². The lowest BCUT2D eigenvalue weighted by Crippen LogP contribution is -1.93. The monoisotopic (exact) mass is 835 g/mol. The first-order valence-electron chi connectivity index (χ1n) is 27.5. The number of rotatable bonds is 51. The van der Waals surface area contributed by atoms with E-state index in [1.165, 1.54) is 289 Å². The molecule has 0 fully saturated rings. The minimum Gasteiger partial charge on any atom is -0.481 e. The third-order valence-electron chi connectivity index (χ3n) is 12.7. The van der Waals surface area contributed by atoms with Gasteiger partial charge in [-0.2, -0.15) is 0 Å². The second-order valence-corrected chi connectivity index (χ2v) is 18.9. The highest BCUT2D eigenvalue weighted by Crippen LogP contribution is 2.18. The van der Waals surface area contributed by atoms with E-state index in [1.54, 1.807) is 0 Å². The molecule has 0 aromatic carbocycles. The molecule has 0 heterocycles. The lowest BCUT2D eigenvalue weighted by Gasteiger charge is -2.04. The summed E-state index contributed by atoms with van der Waals surface area (Å²) in [6.45, 7) is 4.59. The van der Waals surface area contributed by atoms with Crippen LogP contribution in [-0.4, -0.2) is 22.2 Å². The summed E-state index contributed by atoms with van der Waals surface area (Å²) in [4.78, 5) is 20.9. The van der Waals surface area contributed by atoms with Crippen molar-refractivity contribution >= 4 is 11.9 Å². The van der Waals surface area contributed by atoms with Crippen molar-refractivity contribution in [3.8, 4) is 0 Å². The summed E-state index contributed by atoms with van der Waals surface area (Å²) < 4.78 is 0. The lowest BCUT2D eigenvalue weighted by atomic mass is 10.0. The molecule has 0 saturated carbocycles. The zero-order chi connectivity index (χ0) is 43.2. The van der Waals surface area contributed by atoms with Gasteiger partial charge in [0.2, 0.25) is 0 Å². The number of unbranched alkanes of at least 4 members (excludes halogenated alkanes) is 47. The molecule has 0 atom stereocenters. The van der Waals surface area contributed by atoms with E-state index < -0.39 is 11.9 Å². The number of hydrogen-bond donors (Lipinski definition) is 2. The van der Waals surface area contributed by atoms with Gasteiger partial charge in [-0.1, -0.05) is 316 Å². The van der Waals surface area contributed by atoms with Gasteiger partial charge in [0, 0.05) is 12.8 Å². The topological polar surface area (TPSA) is 74.6 Å². The molecule has 0 aliphatic rings. The first-order chi connectivity index (χ1) is 29.0. The van der Waals surface area contributed by atoms with Gasteiger partial charge in [-0.3, -0.25) is 9.59 Å². The highest BCUT2D eigenvalue weighted by Gasteiger charge is 2.00. The molecule has 0 aromatic heterocycles. The maximum Gasteiger partial charge on any atom is 0.303 e. The number of carboxylic acids is 2. The molecule has 0 rings (SSSR count). The van der Waals surface area contributed by atoms with E-state index in [-0.39, 0.29) is 0 Å². The van der Waals surface area contributed by atoms with Crippen molar-refractivity contribution in [2.24, 2.45) is 0 Å². The first kappa shape index (κ1) is 60.0. The minimum atomic E-state index is -0.649. The van der Waals surface area contributed by atoms with Crippen LogP contribution >= 0.6 is 0 Å². The van der Waals surface area contributed by atoms with Crippen LogP contribution in [0.25, 0.3) is 0 Å². The van der Waals surface area contributed by atoms with Crippen molar-refractivity contribution in [3.63, 3.8) is 0 Å². The van der Waals surface area contributed by atoms with Crippen LogP contribution in [0, 0.1) is 0 Å². The number of carbonyl (C=O) groups is 2. The largest absolute Gasteiger partial charge is 0.481 e. The summed E-state index contributed by atoms with van der Waals surface area (Å²) in [7, 11) is 0. The zero-order valence-corrected chi connectivity index (χ0v) is 40.8. The predicted molar refractivity (Wildman–Crippen MR) is 262 cm³/mol. The normalized spacial score (nSPS) is 11.2. The molecular formula is C55H110O4. The second-order valence-electron chi connectivity index (χ2n) is 18.9. The van der Waals surface area contributed by atoms with Gasteiger partial charge in [-0.25, -0.2) is 0 Å². The summed E-state index contributed by atoms with van der Waals surface area (Å²) in [5, 5.41) is 17.2. The molecule has 4 nitrogen and oxygen atoms in total. The Hall–Kier alpha value is -1.06. The molecule has 0 aromatic rings. The number of carboxylic acid groups (broad SMARTS) is 2. The van der Waals surface area contributed by atoms with Gasteiger partial charge in [0.15, 0.2) is 0 Å². The number of hydrogen-bond acceptors (Lipinski definition) is 2. The van der Waals surface area contributed by atoms with Crippen molar-refractivity contribution in [3.05, 3.63) is 0 Å². The standard InChI is InChI=1S/C28H56O2.C27H54O2/c1-2-3-4-5-6-7-8-9-10-11-12-13-14-15-16-17-18-19-20-21-22-23-24-25-26-27-28(29)30;1-2-3-4-5-6-7-8-9-10-11-12-13-14-15-16-17-18-19-20-21-22-23-24-25-26-27(28)29/h2-27H2,1H3,(H,29,30);2-26H2,1H3,(H,28,29). The maximum atomic E-state index is 10.4. The predicted octanol–water partition coefficient (Wildman–Crippen LogP) is 20.1. The molecular weight excluding hydrogens is 725 g/mol. The van der Waals surface area contributed by atoms with Gasteiger partial charge in [-0.05, 0) is 12.8 Å². The van der Waals surface area contributed by atoms with Crippen LogP contribution in [0.5, 0.6) is 0 Å². The van der Waals surface area contributed by atoms with Crippen LogP contribution in [0.1, 0.15) is 341 Å². The molecule has 0 aliphatic heterocycles. The van der Waals surface area contributed by atoms with Crippen LogP contribution < -0.4 is 0 Å². The Morgan fingerprint density at radius 3 is 0.407 bits per heavy atom. The summed E-state index contributed by atoms with van der Waals surface area (Å²) >= 11 is 0. The fourth-order valence-electron chi connectivity index (χ4n) is 8.65. The molecule has 2 N–H and O–H groups in total. The van der Waals surface area contributed by atoms with E-state index in [2.05, 4.69) is 13.8 Å². The van der Waals surface area contributed by atoms with Gasteiger partial charge in [0.05, 0.1) is 0 Å². The van der Waals surface area contributed by atoms with Gasteiger partial charge >= 0.3 is 11.9 Å². The minimum absolute atomic E-state index is 0.346. The summed E-state index contributed by atoms with van der Waals surface area (Å²) in [5.74, 6) is -1.30. The molecule has 0 radical (unpaired) electrons. The molecule has 0 aliphatic carbocycles. The van der Waals surface area contributed by atoms with Crippen LogP contribution in [-0.2, 0) is 9.59 Å². The quantitative estimate of drug-likeness (QED) is 0.0599. The lowest BCUT2D eigenvalue weighted by molar-refractivity contribution is -0.138. The molecule has 0 spiro atoms. The molecule has 0 saturated heterocycles. The Bertz CT molecular complexity index is 766. The Balaban J connectivity index is 0. The third-order valence-corrected chi connectivity index (χ3v) is 12.7. The van der Waals surface area contributed by atoms with Crippen molar-refractivity contribution in [2.45, 2.75) is 341 Å². The SMILES string of the molecule is CCCCCCCCCCCCCCCCCCCCCCCCCCC(=O)O.CCCCCCCCCCCCCCCCCCCCCCCCCCCC(=O)O. The molecule has 0 bridgehead atoms. The van der Waals surface area contributed by atoms with Crippen molar-refractivity contribution in [1.29, 1.82) is 0 Å². The summed E-state index contributed by atoms with van der Waals surface area (Å²) in [5.41, 5.74) is 0. The fraction of sp³-hybridized carbons (Fsp3) is 0.964. The highest BCUT2D eigenvalue weighted by atomic mass is 16.4. The average molecular weight is 835 g/mol. The Labute approximate surface area is 371 Å². The van der Waals surface area contributed by atoms with E-state index in [0.717, 1.165) is 25.7 Å². The van der Waals surface area contributed by atoms with E-state index in [1.807, 2.05) is 0 Å². The van der Waals surface area contributed by atoms with Crippen LogP contribution in [0.3, 0.4) is 0 Å². The molecule has 4 heteroatoms. The van der Waals surface area contributed by atoms with E-state index >= 15 is 0 Å². The Morgan fingerprint density at radius 1 is 0.203 bits per heavy atom. The molecule has 354 valence electrons. The van der Waals surface area contributed by atoms with E-state index in [4.69, 9.17) is 10.2 Å². The van der Waals surface area contributed by atoms with Gasteiger partial charge in [-0.15, -0.1) is 0 Å². The van der Waals surface area contributed by atoms with Crippen molar-refractivity contribution in [2.75, 3.05) is 0 Å². The highest BCUT2D eigenvalue weighted by molar-refractivity contribution is 5.66.